The fourth-order valence-electron chi connectivity index (χ4n) is 1.08. The van der Waals surface area contributed by atoms with Crippen molar-refractivity contribution in [3.8, 4) is 5.75 Å². The summed E-state index contributed by atoms with van der Waals surface area (Å²) in [6.45, 7) is 1.29. The highest BCUT2D eigenvalue weighted by Gasteiger charge is 2.31. The van der Waals surface area contributed by atoms with Crippen molar-refractivity contribution in [3.05, 3.63) is 26.3 Å². The molecule has 0 amide bonds. The van der Waals surface area contributed by atoms with E-state index in [9.17, 15) is 18.0 Å². The molecule has 88 valence electrons. The normalized spacial score (nSPS) is 11.4. The first-order valence-corrected chi connectivity index (χ1v) is 5.42. The zero-order valence-electron chi connectivity index (χ0n) is 7.86. The first-order valence-electron chi connectivity index (χ1n) is 3.96. The Morgan fingerprint density at radius 1 is 1.44 bits per heavy atom. The molecule has 0 saturated heterocycles. The van der Waals surface area contributed by atoms with Gasteiger partial charge in [-0.15, -0.1) is 13.2 Å². The average molecular weight is 364 g/mol. The van der Waals surface area contributed by atoms with E-state index in [1.165, 1.54) is 6.92 Å². The minimum absolute atomic E-state index is 0.0568. The molecule has 2 nitrogen and oxygen atoms in total. The molecule has 7 heteroatoms. The number of hydrogen-bond acceptors (Lipinski definition) is 2. The van der Waals surface area contributed by atoms with Crippen molar-refractivity contribution in [1.82, 2.24) is 0 Å². The molecule has 0 fully saturated rings. The highest BCUT2D eigenvalue weighted by molar-refractivity contribution is 14.1. The summed E-state index contributed by atoms with van der Waals surface area (Å²) in [6, 6.07) is 2.07. The van der Waals surface area contributed by atoms with Crippen molar-refractivity contribution in [1.29, 1.82) is 0 Å². The molecule has 0 heterocycles. The zero-order chi connectivity index (χ0) is 12.5. The van der Waals surface area contributed by atoms with Gasteiger partial charge in [-0.1, -0.05) is 11.6 Å². The second-order valence-corrected chi connectivity index (χ2v) is 4.44. The van der Waals surface area contributed by atoms with Gasteiger partial charge in [0.1, 0.15) is 5.75 Å². The third kappa shape index (κ3) is 3.51. The van der Waals surface area contributed by atoms with Gasteiger partial charge in [-0.25, -0.2) is 0 Å². The van der Waals surface area contributed by atoms with Gasteiger partial charge < -0.3 is 4.74 Å². The molecule has 0 bridgehead atoms. The van der Waals surface area contributed by atoms with Crippen molar-refractivity contribution in [3.63, 3.8) is 0 Å². The van der Waals surface area contributed by atoms with E-state index in [0.29, 0.717) is 3.57 Å². The first-order chi connectivity index (χ1) is 7.20. The fraction of sp³-hybridized carbons (Fsp3) is 0.222. The largest absolute Gasteiger partial charge is 0.573 e. The Hall–Kier alpha value is -0.500. The predicted octanol–water partition coefficient (Wildman–Crippen LogP) is 4.05. The Morgan fingerprint density at radius 3 is 2.38 bits per heavy atom. The lowest BCUT2D eigenvalue weighted by molar-refractivity contribution is -0.274. The molecule has 0 unspecified atom stereocenters. The smallest absolute Gasteiger partial charge is 0.406 e. The molecule has 0 aliphatic rings. The summed E-state index contributed by atoms with van der Waals surface area (Å²) < 4.78 is 39.8. The maximum atomic E-state index is 11.9. The van der Waals surface area contributed by atoms with Crippen LogP contribution >= 0.6 is 34.2 Å². The molecule has 1 aromatic carbocycles. The van der Waals surface area contributed by atoms with Crippen molar-refractivity contribution in [2.24, 2.45) is 0 Å². The van der Waals surface area contributed by atoms with Gasteiger partial charge in [0.05, 0.1) is 5.02 Å². The molecule has 0 atom stereocenters. The number of carbonyl (C=O) groups is 1. The summed E-state index contributed by atoms with van der Waals surface area (Å²) in [5.41, 5.74) is 0.191. The van der Waals surface area contributed by atoms with E-state index >= 15 is 0 Å². The second-order valence-electron chi connectivity index (χ2n) is 2.87. The van der Waals surface area contributed by atoms with Crippen molar-refractivity contribution in [2.45, 2.75) is 13.3 Å². The molecular formula is C9H5ClF3IO2. The Bertz CT molecular complexity index is 408. The Labute approximate surface area is 108 Å². The molecule has 0 saturated carbocycles. The number of ketones is 1. The molecule has 0 radical (unpaired) electrons. The number of Topliss-reactive ketones (excluding diaryl/α,β-unsaturated/α-hetero) is 1. The van der Waals surface area contributed by atoms with Crippen LogP contribution in [0.15, 0.2) is 12.1 Å². The van der Waals surface area contributed by atoms with Gasteiger partial charge >= 0.3 is 6.36 Å². The number of carbonyl (C=O) groups excluding carboxylic acids is 1. The Morgan fingerprint density at radius 2 is 2.00 bits per heavy atom. The molecule has 16 heavy (non-hydrogen) atoms. The lowest BCUT2D eigenvalue weighted by atomic mass is 10.1. The topological polar surface area (TPSA) is 26.3 Å². The van der Waals surface area contributed by atoms with Crippen LogP contribution < -0.4 is 4.74 Å². The summed E-state index contributed by atoms with van der Waals surface area (Å²) in [6.07, 6.45) is -4.77. The SMILES string of the molecule is CC(=O)c1c(Cl)cc(OC(F)(F)F)cc1I. The van der Waals surface area contributed by atoms with Crippen LogP contribution in [0.3, 0.4) is 0 Å². The summed E-state index contributed by atoms with van der Waals surface area (Å²) in [5.74, 6) is -0.750. The third-order valence-electron chi connectivity index (χ3n) is 1.60. The van der Waals surface area contributed by atoms with E-state index in [0.717, 1.165) is 12.1 Å². The summed E-state index contributed by atoms with van der Waals surface area (Å²) in [5, 5.41) is -0.0568. The number of benzene rings is 1. The van der Waals surface area contributed by atoms with E-state index in [-0.39, 0.29) is 16.4 Å². The van der Waals surface area contributed by atoms with Gasteiger partial charge in [-0.3, -0.25) is 4.79 Å². The van der Waals surface area contributed by atoms with Crippen LogP contribution in [0.4, 0.5) is 13.2 Å². The van der Waals surface area contributed by atoms with Crippen molar-refractivity contribution >= 4 is 40.0 Å². The molecule has 0 aliphatic heterocycles. The van der Waals surface area contributed by atoms with Gasteiger partial charge in [-0.2, -0.15) is 0 Å². The zero-order valence-corrected chi connectivity index (χ0v) is 10.8. The minimum Gasteiger partial charge on any atom is -0.406 e. The monoisotopic (exact) mass is 364 g/mol. The van der Waals surface area contributed by atoms with Crippen LogP contribution in [0.25, 0.3) is 0 Å². The van der Waals surface area contributed by atoms with E-state index in [2.05, 4.69) is 4.74 Å². The quantitative estimate of drug-likeness (QED) is 0.585. The number of alkyl halides is 3. The van der Waals surface area contributed by atoms with Crippen LogP contribution in [0.5, 0.6) is 5.75 Å². The summed E-state index contributed by atoms with van der Waals surface area (Å²) >= 11 is 7.41. The van der Waals surface area contributed by atoms with Gasteiger partial charge in [-0.05, 0) is 41.6 Å². The maximum absolute atomic E-state index is 11.9. The highest BCUT2D eigenvalue weighted by Crippen LogP contribution is 2.31. The number of rotatable bonds is 2. The van der Waals surface area contributed by atoms with E-state index in [1.807, 2.05) is 0 Å². The molecule has 0 N–H and O–H groups in total. The van der Waals surface area contributed by atoms with Crippen molar-refractivity contribution in [2.75, 3.05) is 0 Å². The molecular weight excluding hydrogens is 359 g/mol. The second kappa shape index (κ2) is 4.79. The summed E-state index contributed by atoms with van der Waals surface area (Å²) in [4.78, 5) is 11.1. The van der Waals surface area contributed by atoms with Gasteiger partial charge in [0.25, 0.3) is 0 Å². The van der Waals surface area contributed by atoms with Crippen LogP contribution in [0.2, 0.25) is 5.02 Å². The van der Waals surface area contributed by atoms with Crippen LogP contribution in [-0.4, -0.2) is 12.1 Å². The summed E-state index contributed by atoms with van der Waals surface area (Å²) in [7, 11) is 0. The standard InChI is InChI=1S/C9H5ClF3IO2/c1-4(15)8-6(10)2-5(3-7(8)14)16-9(11,12)13/h2-3H,1H3. The fourth-order valence-corrected chi connectivity index (χ4v) is 2.56. The van der Waals surface area contributed by atoms with Gasteiger partial charge in [0.2, 0.25) is 0 Å². The van der Waals surface area contributed by atoms with Crippen LogP contribution in [-0.2, 0) is 0 Å². The third-order valence-corrected chi connectivity index (χ3v) is 2.75. The Kier molecular flexibility index (Phi) is 4.06. The molecule has 0 aliphatic carbocycles. The van der Waals surface area contributed by atoms with E-state index in [4.69, 9.17) is 11.6 Å². The lowest BCUT2D eigenvalue weighted by Crippen LogP contribution is -2.17. The number of halogens is 5. The number of ether oxygens (including phenoxy) is 1. The van der Waals surface area contributed by atoms with Gasteiger partial charge in [0.15, 0.2) is 5.78 Å². The van der Waals surface area contributed by atoms with Crippen LogP contribution in [0, 0.1) is 3.57 Å². The highest BCUT2D eigenvalue weighted by atomic mass is 127. The predicted molar refractivity (Wildman–Crippen MR) is 60.9 cm³/mol. The van der Waals surface area contributed by atoms with Crippen LogP contribution in [0.1, 0.15) is 17.3 Å². The average Bonchev–Trinajstić information content (AvgIpc) is 1.96. The van der Waals surface area contributed by atoms with E-state index < -0.39 is 12.1 Å². The van der Waals surface area contributed by atoms with Crippen molar-refractivity contribution < 1.29 is 22.7 Å². The van der Waals surface area contributed by atoms with Gasteiger partial charge in [0, 0.05) is 9.13 Å². The minimum atomic E-state index is -4.77. The first kappa shape index (κ1) is 13.6. The maximum Gasteiger partial charge on any atom is 0.573 e. The molecule has 1 aromatic rings. The lowest BCUT2D eigenvalue weighted by Gasteiger charge is -2.11. The molecule has 0 aromatic heterocycles. The molecule has 0 spiro atoms. The molecule has 1 rings (SSSR count). The Balaban J connectivity index is 3.15. The number of hydrogen-bond donors (Lipinski definition) is 0. The van der Waals surface area contributed by atoms with E-state index in [1.54, 1.807) is 22.6 Å².